The molecule has 0 bridgehead atoms. The molecule has 0 unspecified atom stereocenters. The van der Waals surface area contributed by atoms with Gasteiger partial charge >= 0.3 is 0 Å². The van der Waals surface area contributed by atoms with Crippen LogP contribution in [0.25, 0.3) is 0 Å². The molecular formula is C17H25N3O3S. The van der Waals surface area contributed by atoms with Crippen molar-refractivity contribution in [2.75, 3.05) is 12.8 Å². The minimum atomic E-state index is -3.42. The maximum Gasteiger partial charge on any atom is 0.255 e. The fourth-order valence-corrected chi connectivity index (χ4v) is 4.00. The van der Waals surface area contributed by atoms with Gasteiger partial charge in [0.15, 0.2) is 0 Å². The van der Waals surface area contributed by atoms with Gasteiger partial charge in [0.25, 0.3) is 5.91 Å². The quantitative estimate of drug-likeness (QED) is 0.629. The van der Waals surface area contributed by atoms with Gasteiger partial charge in [-0.25, -0.2) is 13.8 Å². The summed E-state index contributed by atoms with van der Waals surface area (Å²) >= 11 is 0. The van der Waals surface area contributed by atoms with Crippen molar-refractivity contribution in [3.8, 4) is 0 Å². The van der Waals surface area contributed by atoms with E-state index in [0.717, 1.165) is 49.5 Å². The second-order valence-electron chi connectivity index (χ2n) is 6.30. The van der Waals surface area contributed by atoms with Crippen molar-refractivity contribution in [3.05, 3.63) is 35.4 Å². The third-order valence-corrected chi connectivity index (χ3v) is 5.47. The molecular weight excluding hydrogens is 326 g/mol. The van der Waals surface area contributed by atoms with Gasteiger partial charge in [0, 0.05) is 6.04 Å². The summed E-state index contributed by atoms with van der Waals surface area (Å²) in [5, 5.41) is 3.91. The second kappa shape index (κ2) is 8.39. The number of aryl methyl sites for hydroxylation is 1. The van der Waals surface area contributed by atoms with Crippen LogP contribution in [0, 0.1) is 6.92 Å². The Bertz CT molecular complexity index is 678. The van der Waals surface area contributed by atoms with Gasteiger partial charge in [-0.2, -0.15) is 9.41 Å². The molecule has 1 aliphatic carbocycles. The van der Waals surface area contributed by atoms with Crippen molar-refractivity contribution < 1.29 is 13.2 Å². The Labute approximate surface area is 144 Å². The summed E-state index contributed by atoms with van der Waals surface area (Å²) in [6, 6.07) is 7.63. The topological polar surface area (TPSA) is 78.8 Å². The van der Waals surface area contributed by atoms with Crippen LogP contribution in [0.2, 0.25) is 0 Å². The molecule has 1 aromatic carbocycles. The summed E-state index contributed by atoms with van der Waals surface area (Å²) in [7, 11) is -3.42. The lowest BCUT2D eigenvalue weighted by Crippen LogP contribution is -2.45. The lowest BCUT2D eigenvalue weighted by Gasteiger charge is -2.31. The van der Waals surface area contributed by atoms with Gasteiger partial charge in [0.05, 0.1) is 19.0 Å². The molecule has 0 radical (unpaired) electrons. The van der Waals surface area contributed by atoms with Crippen LogP contribution in [0.15, 0.2) is 29.4 Å². The fourth-order valence-electron chi connectivity index (χ4n) is 2.89. The van der Waals surface area contributed by atoms with Crippen molar-refractivity contribution in [2.45, 2.75) is 45.1 Å². The summed E-state index contributed by atoms with van der Waals surface area (Å²) in [5.41, 5.74) is 4.43. The maximum absolute atomic E-state index is 12.1. The molecule has 2 rings (SSSR count). The first-order chi connectivity index (χ1) is 11.4. The summed E-state index contributed by atoms with van der Waals surface area (Å²) < 4.78 is 25.3. The van der Waals surface area contributed by atoms with Gasteiger partial charge in [-0.15, -0.1) is 0 Å². The number of nitrogens with zero attached hydrogens (tertiary/aromatic N) is 2. The van der Waals surface area contributed by atoms with Crippen LogP contribution in [0.5, 0.6) is 0 Å². The lowest BCUT2D eigenvalue weighted by atomic mass is 9.95. The zero-order valence-electron chi connectivity index (χ0n) is 14.2. The highest BCUT2D eigenvalue weighted by Gasteiger charge is 2.29. The zero-order valence-corrected chi connectivity index (χ0v) is 15.1. The largest absolute Gasteiger partial charge is 0.272 e. The average Bonchev–Trinajstić information content (AvgIpc) is 2.54. The lowest BCUT2D eigenvalue weighted by molar-refractivity contribution is -0.121. The molecule has 24 heavy (non-hydrogen) atoms. The van der Waals surface area contributed by atoms with E-state index in [1.807, 2.05) is 31.2 Å². The first-order valence-corrected chi connectivity index (χ1v) is 10.1. The molecule has 7 heteroatoms. The second-order valence-corrected chi connectivity index (χ2v) is 8.24. The van der Waals surface area contributed by atoms with E-state index in [1.165, 1.54) is 4.31 Å². The number of hydrogen-bond donors (Lipinski definition) is 1. The number of nitrogens with one attached hydrogen (secondary N) is 1. The summed E-state index contributed by atoms with van der Waals surface area (Å²) in [6.07, 6.45) is 7.46. The molecule has 1 fully saturated rings. The van der Waals surface area contributed by atoms with E-state index in [0.29, 0.717) is 0 Å². The van der Waals surface area contributed by atoms with Crippen molar-refractivity contribution in [3.63, 3.8) is 0 Å². The Morgan fingerprint density at radius 3 is 2.46 bits per heavy atom. The monoisotopic (exact) mass is 351 g/mol. The van der Waals surface area contributed by atoms with Gasteiger partial charge in [-0.3, -0.25) is 4.79 Å². The van der Waals surface area contributed by atoms with Crippen LogP contribution in [0.1, 0.15) is 43.2 Å². The Kier molecular flexibility index (Phi) is 6.51. The third-order valence-electron chi connectivity index (χ3n) is 4.19. The predicted molar refractivity (Wildman–Crippen MR) is 95.3 cm³/mol. The van der Waals surface area contributed by atoms with Crippen LogP contribution in [-0.2, 0) is 14.8 Å². The van der Waals surface area contributed by atoms with Gasteiger partial charge in [-0.1, -0.05) is 49.1 Å². The molecule has 132 valence electrons. The van der Waals surface area contributed by atoms with E-state index in [2.05, 4.69) is 10.5 Å². The van der Waals surface area contributed by atoms with Crippen LogP contribution in [0.3, 0.4) is 0 Å². The number of sulfonamides is 1. The fraction of sp³-hybridized carbons (Fsp3) is 0.529. The molecule has 0 heterocycles. The van der Waals surface area contributed by atoms with Crippen molar-refractivity contribution >= 4 is 22.1 Å². The minimum Gasteiger partial charge on any atom is -0.272 e. The molecule has 1 amide bonds. The maximum atomic E-state index is 12.1. The molecule has 0 aromatic heterocycles. The van der Waals surface area contributed by atoms with Crippen LogP contribution < -0.4 is 5.43 Å². The van der Waals surface area contributed by atoms with Crippen molar-refractivity contribution in [2.24, 2.45) is 5.10 Å². The Morgan fingerprint density at radius 1 is 1.25 bits per heavy atom. The van der Waals surface area contributed by atoms with E-state index in [4.69, 9.17) is 0 Å². The van der Waals surface area contributed by atoms with Crippen molar-refractivity contribution in [1.82, 2.24) is 9.73 Å². The number of amides is 1. The van der Waals surface area contributed by atoms with Crippen LogP contribution in [0.4, 0.5) is 0 Å². The van der Waals surface area contributed by atoms with Gasteiger partial charge in [0.1, 0.15) is 0 Å². The van der Waals surface area contributed by atoms with Gasteiger partial charge in [-0.05, 0) is 25.3 Å². The number of hydrogen-bond acceptors (Lipinski definition) is 4. The van der Waals surface area contributed by atoms with Gasteiger partial charge < -0.3 is 0 Å². The number of carbonyl (C=O) groups excluding carboxylic acids is 1. The summed E-state index contributed by atoms with van der Waals surface area (Å²) in [6.45, 7) is 1.81. The highest BCUT2D eigenvalue weighted by atomic mass is 32.2. The summed E-state index contributed by atoms with van der Waals surface area (Å²) in [5.74, 6) is -0.422. The Morgan fingerprint density at radius 2 is 1.88 bits per heavy atom. The molecule has 1 aromatic rings. The molecule has 0 atom stereocenters. The van der Waals surface area contributed by atoms with E-state index in [1.54, 1.807) is 6.21 Å². The van der Waals surface area contributed by atoms with E-state index in [-0.39, 0.29) is 12.6 Å². The van der Waals surface area contributed by atoms with E-state index < -0.39 is 15.9 Å². The SMILES string of the molecule is Cc1ccc(C=NNC(=O)CN(C2CCCCC2)S(C)(=O)=O)cc1. The third kappa shape index (κ3) is 5.72. The average molecular weight is 351 g/mol. The standard InChI is InChI=1S/C17H25N3O3S/c1-14-8-10-15(11-9-14)12-18-19-17(21)13-20(24(2,22)23)16-6-4-3-5-7-16/h8-12,16H,3-7,13H2,1-2H3,(H,19,21). The number of carbonyl (C=O) groups is 1. The molecule has 6 nitrogen and oxygen atoms in total. The molecule has 0 saturated heterocycles. The highest BCUT2D eigenvalue weighted by Crippen LogP contribution is 2.24. The highest BCUT2D eigenvalue weighted by molar-refractivity contribution is 7.88. The van der Waals surface area contributed by atoms with Gasteiger partial charge in [0.2, 0.25) is 10.0 Å². The van der Waals surface area contributed by atoms with E-state index >= 15 is 0 Å². The number of benzene rings is 1. The smallest absolute Gasteiger partial charge is 0.255 e. The normalized spacial score (nSPS) is 16.6. The van der Waals surface area contributed by atoms with Crippen LogP contribution >= 0.6 is 0 Å². The van der Waals surface area contributed by atoms with E-state index in [9.17, 15) is 13.2 Å². The molecule has 1 N–H and O–H groups in total. The molecule has 1 aliphatic rings. The molecule has 0 aliphatic heterocycles. The predicted octanol–water partition coefficient (Wildman–Crippen LogP) is 2.04. The summed E-state index contributed by atoms with van der Waals surface area (Å²) in [4.78, 5) is 12.1. The first-order valence-electron chi connectivity index (χ1n) is 8.21. The zero-order chi connectivity index (χ0) is 17.6. The Balaban J connectivity index is 1.93. The molecule has 1 saturated carbocycles. The van der Waals surface area contributed by atoms with Crippen molar-refractivity contribution in [1.29, 1.82) is 0 Å². The minimum absolute atomic E-state index is 0.0828. The van der Waals surface area contributed by atoms with Crippen LogP contribution in [-0.4, -0.2) is 43.7 Å². The first kappa shape index (κ1) is 18.6. The number of hydrazone groups is 1. The Hall–Kier alpha value is -1.73. The number of rotatable bonds is 6. The molecule has 0 spiro atoms.